The predicted molar refractivity (Wildman–Crippen MR) is 119 cm³/mol. The van der Waals surface area contributed by atoms with Crippen molar-refractivity contribution in [1.29, 1.82) is 0 Å². The fraction of sp³-hybridized carbons (Fsp3) is 0.350. The number of ether oxygens (including phenoxy) is 2. The first-order chi connectivity index (χ1) is 14.5. The number of hydrogen-bond donors (Lipinski definition) is 1. The number of rotatable bonds is 10. The number of unbranched alkanes of at least 4 members (excludes halogenated alkanes) is 1. The Bertz CT molecular complexity index is 997. The van der Waals surface area contributed by atoms with Gasteiger partial charge in [-0.05, 0) is 46.7 Å². The highest BCUT2D eigenvalue weighted by Crippen LogP contribution is 2.37. The highest BCUT2D eigenvalue weighted by molar-refractivity contribution is 6.35. The van der Waals surface area contributed by atoms with Crippen molar-refractivity contribution in [3.63, 3.8) is 0 Å². The average molecular weight is 471 g/mol. The molecule has 3 aromatic rings. The molecule has 0 atom stereocenters. The molecule has 7 nitrogen and oxygen atoms in total. The van der Waals surface area contributed by atoms with Crippen LogP contribution in [0.2, 0.25) is 15.1 Å². The summed E-state index contributed by atoms with van der Waals surface area (Å²) in [6.45, 7) is 3.59. The minimum absolute atomic E-state index is 0.232. The van der Waals surface area contributed by atoms with Gasteiger partial charge in [-0.25, -0.2) is 4.68 Å². The Balaban J connectivity index is 1.70. The molecule has 0 aliphatic carbocycles. The molecule has 0 aliphatic heterocycles. The fourth-order valence-corrected chi connectivity index (χ4v) is 3.53. The Kier molecular flexibility index (Phi) is 8.01. The lowest BCUT2D eigenvalue weighted by Crippen LogP contribution is -2.09. The van der Waals surface area contributed by atoms with Crippen molar-refractivity contribution in [2.45, 2.75) is 39.5 Å². The lowest BCUT2D eigenvalue weighted by Gasteiger charge is -2.15. The maximum atomic E-state index is 6.47. The van der Waals surface area contributed by atoms with Crippen molar-refractivity contribution in [3.05, 3.63) is 56.5 Å². The molecule has 160 valence electrons. The molecule has 2 aromatic carbocycles. The van der Waals surface area contributed by atoms with E-state index in [4.69, 9.17) is 44.3 Å². The van der Waals surface area contributed by atoms with Crippen LogP contribution in [0.15, 0.2) is 30.3 Å². The summed E-state index contributed by atoms with van der Waals surface area (Å²) in [6, 6.07) is 8.91. The van der Waals surface area contributed by atoms with Gasteiger partial charge in [-0.2, -0.15) is 0 Å². The van der Waals surface area contributed by atoms with Gasteiger partial charge in [0.2, 0.25) is 5.95 Å². The van der Waals surface area contributed by atoms with Crippen molar-refractivity contribution in [2.75, 3.05) is 12.4 Å². The minimum atomic E-state index is 0.232. The zero-order chi connectivity index (χ0) is 21.5. The van der Waals surface area contributed by atoms with E-state index in [1.807, 2.05) is 18.2 Å². The SMILES string of the molecule is CCCCn1nnnc1NCc1cc(Cl)c(OCc2ccc(Cl)cc2Cl)c(OC)c1. The second-order valence-corrected chi connectivity index (χ2v) is 7.82. The first-order valence-corrected chi connectivity index (χ1v) is 10.6. The van der Waals surface area contributed by atoms with Gasteiger partial charge >= 0.3 is 0 Å². The Hall–Kier alpha value is -2.22. The second-order valence-electron chi connectivity index (χ2n) is 6.57. The standard InChI is InChI=1S/C20H22Cl3N5O2/c1-3-4-7-28-20(25-26-27-28)24-11-13-8-17(23)19(18(9-13)29-2)30-12-14-5-6-15(21)10-16(14)22/h5-6,8-10H,3-4,7,11-12H2,1-2H3,(H,24,25,27). The van der Waals surface area contributed by atoms with Crippen molar-refractivity contribution in [3.8, 4) is 11.5 Å². The van der Waals surface area contributed by atoms with Crippen LogP contribution in [0, 0.1) is 0 Å². The van der Waals surface area contributed by atoms with Crippen LogP contribution in [0.4, 0.5) is 5.95 Å². The van der Waals surface area contributed by atoms with Crippen LogP contribution in [-0.2, 0) is 19.7 Å². The quantitative estimate of drug-likeness (QED) is 0.414. The maximum Gasteiger partial charge on any atom is 0.243 e. The minimum Gasteiger partial charge on any atom is -0.493 e. The van der Waals surface area contributed by atoms with Crippen LogP contribution in [0.1, 0.15) is 30.9 Å². The first-order valence-electron chi connectivity index (χ1n) is 9.45. The van der Waals surface area contributed by atoms with Gasteiger partial charge in [0.15, 0.2) is 11.5 Å². The normalized spacial score (nSPS) is 10.8. The van der Waals surface area contributed by atoms with E-state index in [2.05, 4.69) is 27.8 Å². The van der Waals surface area contributed by atoms with Crippen molar-refractivity contribution in [1.82, 2.24) is 20.2 Å². The molecule has 0 spiro atoms. The molecule has 10 heteroatoms. The first kappa shape index (κ1) is 22.5. The molecule has 1 aromatic heterocycles. The van der Waals surface area contributed by atoms with Crippen LogP contribution < -0.4 is 14.8 Å². The van der Waals surface area contributed by atoms with E-state index in [0.29, 0.717) is 39.1 Å². The lowest BCUT2D eigenvalue weighted by molar-refractivity contribution is 0.284. The van der Waals surface area contributed by atoms with Crippen LogP contribution in [0.3, 0.4) is 0 Å². The third-order valence-corrected chi connectivity index (χ3v) is 5.25. The third-order valence-electron chi connectivity index (χ3n) is 4.38. The fourth-order valence-electron chi connectivity index (χ4n) is 2.77. The number of methoxy groups -OCH3 is 1. The van der Waals surface area contributed by atoms with Gasteiger partial charge in [0, 0.05) is 28.7 Å². The number of benzene rings is 2. The van der Waals surface area contributed by atoms with Crippen molar-refractivity contribution < 1.29 is 9.47 Å². The lowest BCUT2D eigenvalue weighted by atomic mass is 10.2. The largest absolute Gasteiger partial charge is 0.493 e. The molecule has 0 fully saturated rings. The van der Waals surface area contributed by atoms with Gasteiger partial charge in [-0.15, -0.1) is 0 Å². The summed E-state index contributed by atoms with van der Waals surface area (Å²) in [6.07, 6.45) is 2.07. The number of nitrogens with zero attached hydrogens (tertiary/aromatic N) is 4. The van der Waals surface area contributed by atoms with E-state index < -0.39 is 0 Å². The summed E-state index contributed by atoms with van der Waals surface area (Å²) < 4.78 is 13.1. The molecule has 0 unspecified atom stereocenters. The Morgan fingerprint density at radius 1 is 1.10 bits per heavy atom. The van der Waals surface area contributed by atoms with E-state index in [0.717, 1.165) is 30.5 Å². The van der Waals surface area contributed by atoms with E-state index in [-0.39, 0.29) is 6.61 Å². The molecule has 0 amide bonds. The van der Waals surface area contributed by atoms with Gasteiger partial charge in [-0.3, -0.25) is 0 Å². The zero-order valence-corrected chi connectivity index (χ0v) is 18.9. The highest BCUT2D eigenvalue weighted by atomic mass is 35.5. The molecule has 0 saturated heterocycles. The van der Waals surface area contributed by atoms with Gasteiger partial charge < -0.3 is 14.8 Å². The molecular formula is C20H22Cl3N5O2. The molecule has 1 heterocycles. The molecular weight excluding hydrogens is 449 g/mol. The van der Waals surface area contributed by atoms with Crippen LogP contribution in [0.25, 0.3) is 0 Å². The van der Waals surface area contributed by atoms with Crippen LogP contribution >= 0.6 is 34.8 Å². The van der Waals surface area contributed by atoms with E-state index in [1.54, 1.807) is 23.9 Å². The number of halogens is 3. The van der Waals surface area contributed by atoms with E-state index in [9.17, 15) is 0 Å². The monoisotopic (exact) mass is 469 g/mol. The molecule has 0 radical (unpaired) electrons. The number of hydrogen-bond acceptors (Lipinski definition) is 6. The maximum absolute atomic E-state index is 6.47. The summed E-state index contributed by atoms with van der Waals surface area (Å²) in [5.74, 6) is 1.58. The second kappa shape index (κ2) is 10.7. The summed E-state index contributed by atoms with van der Waals surface area (Å²) >= 11 is 18.6. The number of nitrogens with one attached hydrogen (secondary N) is 1. The molecule has 0 bridgehead atoms. The number of aryl methyl sites for hydroxylation is 1. The zero-order valence-electron chi connectivity index (χ0n) is 16.7. The van der Waals surface area contributed by atoms with Gasteiger partial charge in [0.25, 0.3) is 0 Å². The summed E-state index contributed by atoms with van der Waals surface area (Å²) in [7, 11) is 1.57. The molecule has 30 heavy (non-hydrogen) atoms. The summed E-state index contributed by atoms with van der Waals surface area (Å²) in [4.78, 5) is 0. The molecule has 1 N–H and O–H groups in total. The third kappa shape index (κ3) is 5.68. The van der Waals surface area contributed by atoms with Gasteiger partial charge in [-0.1, -0.05) is 59.3 Å². The summed E-state index contributed by atoms with van der Waals surface area (Å²) in [5, 5.41) is 16.5. The smallest absolute Gasteiger partial charge is 0.243 e. The predicted octanol–water partition coefficient (Wildman–Crippen LogP) is 5.63. The molecule has 0 saturated carbocycles. The number of aromatic nitrogens is 4. The molecule has 3 rings (SSSR count). The van der Waals surface area contributed by atoms with Crippen LogP contribution in [-0.4, -0.2) is 27.3 Å². The van der Waals surface area contributed by atoms with Crippen LogP contribution in [0.5, 0.6) is 11.5 Å². The summed E-state index contributed by atoms with van der Waals surface area (Å²) in [5.41, 5.74) is 1.70. The van der Waals surface area contributed by atoms with Crippen molar-refractivity contribution >= 4 is 40.8 Å². The number of anilines is 1. The van der Waals surface area contributed by atoms with Gasteiger partial charge in [0.1, 0.15) is 6.61 Å². The van der Waals surface area contributed by atoms with E-state index in [1.165, 1.54) is 0 Å². The number of tetrazole rings is 1. The highest BCUT2D eigenvalue weighted by Gasteiger charge is 2.14. The van der Waals surface area contributed by atoms with Gasteiger partial charge in [0.05, 0.1) is 12.1 Å². The van der Waals surface area contributed by atoms with Crippen molar-refractivity contribution in [2.24, 2.45) is 0 Å². The topological polar surface area (TPSA) is 74.1 Å². The molecule has 0 aliphatic rings. The Labute approximate surface area is 190 Å². The average Bonchev–Trinajstić information content (AvgIpc) is 3.18. The Morgan fingerprint density at radius 2 is 1.93 bits per heavy atom. The van der Waals surface area contributed by atoms with E-state index >= 15 is 0 Å². The Morgan fingerprint density at radius 3 is 2.67 bits per heavy atom.